The van der Waals surface area contributed by atoms with E-state index in [0.717, 1.165) is 12.1 Å². The van der Waals surface area contributed by atoms with Crippen LogP contribution in [0.5, 0.6) is 0 Å². The smallest absolute Gasteiger partial charge is 0.259 e. The molecule has 1 aromatic carbocycles. The Bertz CT molecular complexity index is 730. The lowest BCUT2D eigenvalue weighted by molar-refractivity contribution is -0.134. The van der Waals surface area contributed by atoms with E-state index in [2.05, 4.69) is 5.32 Å². The van der Waals surface area contributed by atoms with Gasteiger partial charge in [-0.2, -0.15) is 0 Å². The number of halogens is 1. The van der Waals surface area contributed by atoms with Crippen molar-refractivity contribution in [1.82, 2.24) is 4.31 Å². The highest BCUT2D eigenvalue weighted by Gasteiger charge is 2.60. The summed E-state index contributed by atoms with van der Waals surface area (Å²) < 4.78 is 35.7. The van der Waals surface area contributed by atoms with Crippen molar-refractivity contribution in [2.75, 3.05) is 17.6 Å². The topological polar surface area (TPSA) is 110 Å². The maximum Gasteiger partial charge on any atom is 0.259 e. The molecule has 0 saturated carbocycles. The zero-order valence-electron chi connectivity index (χ0n) is 11.4. The summed E-state index contributed by atoms with van der Waals surface area (Å²) in [6, 6.07) is 3.39. The van der Waals surface area contributed by atoms with Crippen molar-refractivity contribution in [3.8, 4) is 0 Å². The van der Waals surface area contributed by atoms with Crippen LogP contribution in [0.4, 0.5) is 15.8 Å². The summed E-state index contributed by atoms with van der Waals surface area (Å²) >= 11 is 0. The van der Waals surface area contributed by atoms with Gasteiger partial charge < -0.3 is 11.1 Å². The number of carbonyl (C=O) groups excluding carboxylic acids is 2. The fourth-order valence-electron chi connectivity index (χ4n) is 1.87. The second-order valence-corrected chi connectivity index (χ2v) is 7.52. The Labute approximate surface area is 121 Å². The van der Waals surface area contributed by atoms with E-state index in [0.29, 0.717) is 4.31 Å². The van der Waals surface area contributed by atoms with Crippen molar-refractivity contribution < 1.29 is 22.4 Å². The number of hydrogen-bond donors (Lipinski definition) is 2. The lowest BCUT2D eigenvalue weighted by atomic mass is 10.2. The lowest BCUT2D eigenvalue weighted by Gasteiger charge is -2.42. The van der Waals surface area contributed by atoms with Gasteiger partial charge in [-0.05, 0) is 32.0 Å². The second kappa shape index (κ2) is 4.69. The number of nitrogen functional groups attached to an aromatic ring is 1. The molecule has 1 aliphatic rings. The van der Waals surface area contributed by atoms with E-state index in [1.165, 1.54) is 19.9 Å². The molecule has 0 bridgehead atoms. The highest BCUT2D eigenvalue weighted by Crippen LogP contribution is 2.34. The summed E-state index contributed by atoms with van der Waals surface area (Å²) in [5.74, 6) is -2.04. The molecule has 1 heterocycles. The second-order valence-electron chi connectivity index (χ2n) is 5.11. The number of rotatable bonds is 3. The third-order valence-corrected chi connectivity index (χ3v) is 5.59. The predicted molar refractivity (Wildman–Crippen MR) is 74.2 cm³/mol. The number of nitrogens with one attached hydrogen (secondary N) is 1. The number of benzene rings is 1. The van der Waals surface area contributed by atoms with Gasteiger partial charge >= 0.3 is 0 Å². The average Bonchev–Trinajstić information content (AvgIpc) is 2.39. The summed E-state index contributed by atoms with van der Waals surface area (Å²) in [4.78, 5) is 23.5. The number of hydrogen-bond acceptors (Lipinski definition) is 5. The number of sulfonamides is 1. The first-order chi connectivity index (χ1) is 9.57. The number of anilines is 2. The van der Waals surface area contributed by atoms with Crippen molar-refractivity contribution in [2.45, 2.75) is 18.6 Å². The minimum Gasteiger partial charge on any atom is -0.397 e. The molecule has 2 rings (SSSR count). The number of amides is 2. The molecule has 0 atom stereocenters. The van der Waals surface area contributed by atoms with Crippen molar-refractivity contribution in [1.29, 1.82) is 0 Å². The monoisotopic (exact) mass is 315 g/mol. The molecule has 1 fully saturated rings. The molecule has 0 spiro atoms. The van der Waals surface area contributed by atoms with Crippen molar-refractivity contribution >= 4 is 33.2 Å². The van der Waals surface area contributed by atoms with E-state index in [-0.39, 0.29) is 11.4 Å². The van der Waals surface area contributed by atoms with Crippen LogP contribution in [0.3, 0.4) is 0 Å². The van der Waals surface area contributed by atoms with E-state index in [9.17, 15) is 22.4 Å². The normalized spacial score (nSPS) is 19.0. The van der Waals surface area contributed by atoms with E-state index < -0.39 is 38.9 Å². The Balaban J connectivity index is 2.10. The molecule has 0 unspecified atom stereocenters. The molecular weight excluding hydrogens is 301 g/mol. The van der Waals surface area contributed by atoms with Crippen LogP contribution in [0.1, 0.15) is 13.8 Å². The van der Waals surface area contributed by atoms with Crippen molar-refractivity contribution in [3.05, 3.63) is 24.0 Å². The Hall–Kier alpha value is -2.16. The van der Waals surface area contributed by atoms with Gasteiger partial charge in [0, 0.05) is 0 Å². The first-order valence-electron chi connectivity index (χ1n) is 5.99. The molecule has 1 aromatic rings. The third-order valence-electron chi connectivity index (χ3n) is 3.25. The van der Waals surface area contributed by atoms with Crippen molar-refractivity contribution in [3.63, 3.8) is 0 Å². The fourth-order valence-corrected chi connectivity index (χ4v) is 3.35. The largest absolute Gasteiger partial charge is 0.397 e. The van der Waals surface area contributed by atoms with Gasteiger partial charge in [0.2, 0.25) is 5.91 Å². The summed E-state index contributed by atoms with van der Waals surface area (Å²) in [5.41, 5.74) is 5.70. The zero-order valence-corrected chi connectivity index (χ0v) is 12.2. The molecule has 1 saturated heterocycles. The van der Waals surface area contributed by atoms with Crippen LogP contribution < -0.4 is 11.1 Å². The maximum absolute atomic E-state index is 13.1. The molecule has 2 amide bonds. The van der Waals surface area contributed by atoms with Crippen LogP contribution >= 0.6 is 0 Å². The van der Waals surface area contributed by atoms with E-state index in [1.807, 2.05) is 0 Å². The van der Waals surface area contributed by atoms with Gasteiger partial charge in [0.1, 0.15) is 12.4 Å². The average molecular weight is 315 g/mol. The first-order valence-corrected chi connectivity index (χ1v) is 7.43. The van der Waals surface area contributed by atoms with Gasteiger partial charge in [-0.1, -0.05) is 0 Å². The summed E-state index contributed by atoms with van der Waals surface area (Å²) in [6.45, 7) is 1.87. The SMILES string of the molecule is CC1(C)C(=O)N(CC(=O)Nc2cc(F)ccc2N)S1(=O)=O. The van der Waals surface area contributed by atoms with Gasteiger partial charge in [-0.25, -0.2) is 17.1 Å². The van der Waals surface area contributed by atoms with Crippen LogP contribution in [-0.4, -0.2) is 35.8 Å². The third kappa shape index (κ3) is 2.33. The van der Waals surface area contributed by atoms with Gasteiger partial charge in [-0.3, -0.25) is 9.59 Å². The molecule has 0 radical (unpaired) electrons. The van der Waals surface area contributed by atoms with Crippen molar-refractivity contribution in [2.24, 2.45) is 0 Å². The fraction of sp³-hybridized carbons (Fsp3) is 0.333. The molecule has 3 N–H and O–H groups in total. The van der Waals surface area contributed by atoms with Gasteiger partial charge in [0.15, 0.2) is 4.75 Å². The quantitative estimate of drug-likeness (QED) is 0.780. The Morgan fingerprint density at radius 2 is 2.05 bits per heavy atom. The highest BCUT2D eigenvalue weighted by atomic mass is 32.2. The van der Waals surface area contributed by atoms with E-state index in [1.54, 1.807) is 0 Å². The van der Waals surface area contributed by atoms with E-state index >= 15 is 0 Å². The van der Waals surface area contributed by atoms with Crippen LogP contribution in [0.2, 0.25) is 0 Å². The molecule has 7 nitrogen and oxygen atoms in total. The van der Waals surface area contributed by atoms with Crippen LogP contribution in [0, 0.1) is 5.82 Å². The first kappa shape index (κ1) is 15.2. The molecule has 0 aliphatic carbocycles. The van der Waals surface area contributed by atoms with Gasteiger partial charge in [-0.15, -0.1) is 0 Å². The molecule has 0 aromatic heterocycles. The molecule has 1 aliphatic heterocycles. The standard InChI is InChI=1S/C12H14FN3O4S/c1-12(2)11(18)16(21(12,19)20)6-10(17)15-9-5-7(13)3-4-8(9)14/h3-5H,6,14H2,1-2H3,(H,15,17). The van der Waals surface area contributed by atoms with Crippen LogP contribution in [0.25, 0.3) is 0 Å². The number of carbonyl (C=O) groups is 2. The van der Waals surface area contributed by atoms with E-state index in [4.69, 9.17) is 5.73 Å². The highest BCUT2D eigenvalue weighted by molar-refractivity contribution is 7.94. The van der Waals surface area contributed by atoms with Crippen LogP contribution in [0.15, 0.2) is 18.2 Å². The molecule has 21 heavy (non-hydrogen) atoms. The Kier molecular flexibility index (Phi) is 3.40. The minimum atomic E-state index is -3.84. The van der Waals surface area contributed by atoms with Gasteiger partial charge in [0.05, 0.1) is 11.4 Å². The summed E-state index contributed by atoms with van der Waals surface area (Å²) in [5, 5.41) is 2.27. The van der Waals surface area contributed by atoms with Gasteiger partial charge in [0.25, 0.3) is 15.9 Å². The predicted octanol–water partition coefficient (Wildman–Crippen LogP) is 0.297. The number of nitrogens with two attached hydrogens (primary N) is 1. The summed E-state index contributed by atoms with van der Waals surface area (Å²) in [7, 11) is -3.84. The molecule has 114 valence electrons. The Morgan fingerprint density at radius 3 is 2.62 bits per heavy atom. The Morgan fingerprint density at radius 1 is 1.43 bits per heavy atom. The number of nitrogens with zero attached hydrogens (tertiary/aromatic N) is 1. The summed E-state index contributed by atoms with van der Waals surface area (Å²) in [6.07, 6.45) is 0. The minimum absolute atomic E-state index is 0.0182. The maximum atomic E-state index is 13.1. The van der Waals surface area contributed by atoms with Crippen LogP contribution in [-0.2, 0) is 19.6 Å². The zero-order chi connectivity index (χ0) is 16.0. The lowest BCUT2D eigenvalue weighted by Crippen LogP contribution is -2.68. The molecular formula is C12H14FN3O4S. The molecule has 9 heteroatoms.